The van der Waals surface area contributed by atoms with Crippen LogP contribution in [0.5, 0.6) is 5.75 Å². The van der Waals surface area contributed by atoms with Gasteiger partial charge in [-0.15, -0.1) is 0 Å². The Hall–Kier alpha value is -2.46. The van der Waals surface area contributed by atoms with Crippen molar-refractivity contribution in [2.24, 2.45) is 28.1 Å². The summed E-state index contributed by atoms with van der Waals surface area (Å²) in [6, 6.07) is 2.72. The minimum absolute atomic E-state index is 0.00199. The van der Waals surface area contributed by atoms with E-state index >= 15 is 0 Å². The monoisotopic (exact) mass is 720 g/mol. The van der Waals surface area contributed by atoms with Crippen LogP contribution in [0.25, 0.3) is 0 Å². The molecule has 248 valence electrons. The number of ether oxygens (including phenoxy) is 7. The maximum absolute atomic E-state index is 14.2. The average Bonchev–Trinajstić information content (AvgIpc) is 3.63. The van der Waals surface area contributed by atoms with Crippen molar-refractivity contribution < 1.29 is 62.5 Å². The van der Waals surface area contributed by atoms with Crippen LogP contribution in [0.2, 0.25) is 15.1 Å². The summed E-state index contributed by atoms with van der Waals surface area (Å²) >= 11 is 24.1. The lowest BCUT2D eigenvalue weighted by molar-refractivity contribution is -0.240. The first-order valence-corrected chi connectivity index (χ1v) is 15.8. The topological polar surface area (TPSA) is 173 Å². The first kappa shape index (κ1) is 32.1. The summed E-state index contributed by atoms with van der Waals surface area (Å²) in [6.07, 6.45) is -10.1. The zero-order valence-corrected chi connectivity index (χ0v) is 27.8. The number of hydrogen-bond donors (Lipinski definition) is 2. The zero-order chi connectivity index (χ0) is 33.7. The van der Waals surface area contributed by atoms with E-state index in [1.54, 1.807) is 20.8 Å². The van der Waals surface area contributed by atoms with Crippen molar-refractivity contribution in [1.82, 2.24) is 0 Å². The van der Waals surface area contributed by atoms with Crippen LogP contribution >= 0.6 is 47.0 Å². The second-order valence-corrected chi connectivity index (χ2v) is 15.1. The summed E-state index contributed by atoms with van der Waals surface area (Å²) in [7, 11) is 0. The molecule has 0 bridgehead atoms. The maximum atomic E-state index is 14.2. The average molecular weight is 722 g/mol. The number of halogens is 3. The molecule has 0 amide bonds. The molecular formula is C29H27Cl3O13S. The fourth-order valence-electron chi connectivity index (χ4n) is 9.48. The Kier molecular flexibility index (Phi) is 6.69. The molecule has 4 aliphatic heterocycles. The second-order valence-electron chi connectivity index (χ2n) is 13.5. The molecule has 46 heavy (non-hydrogen) atoms. The molecule has 6 fully saturated rings. The molecule has 0 radical (unpaired) electrons. The third kappa shape index (κ3) is 3.31. The van der Waals surface area contributed by atoms with Crippen molar-refractivity contribution in [3.8, 4) is 5.75 Å². The van der Waals surface area contributed by atoms with Gasteiger partial charge >= 0.3 is 29.1 Å². The Bertz CT molecular complexity index is 1620. The van der Waals surface area contributed by atoms with Crippen molar-refractivity contribution in [2.45, 2.75) is 82.6 Å². The van der Waals surface area contributed by atoms with Crippen LogP contribution in [0, 0.1) is 28.1 Å². The molecule has 1 aromatic carbocycles. The van der Waals surface area contributed by atoms with E-state index in [1.165, 1.54) is 19.1 Å². The first-order valence-electron chi connectivity index (χ1n) is 14.2. The number of carbonyl (C=O) groups excluding carboxylic acids is 4. The zero-order valence-electron chi connectivity index (χ0n) is 24.7. The van der Waals surface area contributed by atoms with Gasteiger partial charge in [0.15, 0.2) is 23.6 Å². The van der Waals surface area contributed by atoms with Crippen LogP contribution in [0.3, 0.4) is 0 Å². The van der Waals surface area contributed by atoms with Gasteiger partial charge in [0.05, 0.1) is 16.0 Å². The lowest BCUT2D eigenvalue weighted by atomic mass is 9.51. The Labute approximate surface area is 281 Å². The molecule has 2 spiro atoms. The fraction of sp³-hybridized carbons (Fsp3) is 0.621. The highest BCUT2D eigenvalue weighted by molar-refractivity contribution is 7.79. The van der Waals surface area contributed by atoms with Gasteiger partial charge in [0.1, 0.15) is 23.0 Å². The number of esters is 4. The quantitative estimate of drug-likeness (QED) is 0.265. The Morgan fingerprint density at radius 3 is 2.22 bits per heavy atom. The first-order chi connectivity index (χ1) is 21.3. The molecule has 2 saturated carbocycles. The fourth-order valence-corrected chi connectivity index (χ4v) is 10.6. The molecule has 12 atom stereocenters. The van der Waals surface area contributed by atoms with E-state index in [0.29, 0.717) is 0 Å². The number of carbonyl (C=O) groups is 4. The van der Waals surface area contributed by atoms with E-state index in [9.17, 15) is 29.4 Å². The number of thiocarbonyl (C=S) groups is 1. The smallest absolute Gasteiger partial charge is 0.358 e. The van der Waals surface area contributed by atoms with Crippen LogP contribution in [-0.2, 0) is 47.6 Å². The largest absolute Gasteiger partial charge is 0.456 e. The van der Waals surface area contributed by atoms with Crippen molar-refractivity contribution in [2.75, 3.05) is 0 Å². The van der Waals surface area contributed by atoms with Crippen molar-refractivity contribution in [1.29, 1.82) is 0 Å². The highest BCUT2D eigenvalue weighted by atomic mass is 35.5. The highest BCUT2D eigenvalue weighted by Gasteiger charge is 3.06. The Morgan fingerprint density at radius 1 is 1.00 bits per heavy atom. The predicted molar refractivity (Wildman–Crippen MR) is 157 cm³/mol. The predicted octanol–water partition coefficient (Wildman–Crippen LogP) is 2.52. The van der Waals surface area contributed by atoms with Gasteiger partial charge in [-0.2, -0.15) is 0 Å². The molecule has 6 aliphatic rings. The third-order valence-corrected chi connectivity index (χ3v) is 11.5. The molecule has 4 saturated heterocycles. The Morgan fingerprint density at radius 2 is 1.63 bits per heavy atom. The van der Waals surface area contributed by atoms with E-state index in [4.69, 9.17) is 80.2 Å². The van der Waals surface area contributed by atoms with Crippen LogP contribution < -0.4 is 4.74 Å². The number of rotatable bonds is 3. The van der Waals surface area contributed by atoms with Crippen LogP contribution in [0.1, 0.15) is 34.6 Å². The number of benzene rings is 1. The second kappa shape index (κ2) is 9.58. The summed E-state index contributed by atoms with van der Waals surface area (Å²) < 4.78 is 41.1. The standard InChI is InChI=1S/C29H27Cl3O13S/c1-8-20(35)42-18-16(34)27-17-14(41-24(46)40-13-11(31)6-10(30)7-12(13)32)15(25(3,4)5)26(27)19(39-9(2)33)21(36)44-23(26)45-29(27,22(37)43-17)28(8,18)38/h6-8,14-19,23,34,38H,1-5H3/t8-,14-,15?,16+,17?,18+,19+,23+,26?,27?,28-,29-/m1/s1. The summed E-state index contributed by atoms with van der Waals surface area (Å²) in [5, 5.41) is 24.4. The highest BCUT2D eigenvalue weighted by Crippen LogP contribution is 2.85. The third-order valence-electron chi connectivity index (χ3n) is 10.6. The van der Waals surface area contributed by atoms with Crippen molar-refractivity contribution in [3.63, 3.8) is 0 Å². The molecule has 7 rings (SSSR count). The minimum atomic E-state index is -2.56. The molecule has 1 aromatic rings. The van der Waals surface area contributed by atoms with Crippen molar-refractivity contribution in [3.05, 3.63) is 27.2 Å². The van der Waals surface area contributed by atoms with Gasteiger partial charge in [-0.25, -0.2) is 9.59 Å². The van der Waals surface area contributed by atoms with Crippen molar-refractivity contribution >= 4 is 76.1 Å². The minimum Gasteiger partial charge on any atom is -0.456 e. The molecule has 4 unspecified atom stereocenters. The maximum Gasteiger partial charge on any atom is 0.358 e. The molecule has 17 heteroatoms. The molecule has 13 nitrogen and oxygen atoms in total. The molecule has 2 N–H and O–H groups in total. The normalized spacial score (nSPS) is 44.5. The summed E-state index contributed by atoms with van der Waals surface area (Å²) in [6.45, 7) is 7.69. The Balaban J connectivity index is 1.46. The summed E-state index contributed by atoms with van der Waals surface area (Å²) in [5.74, 6) is -6.57. The summed E-state index contributed by atoms with van der Waals surface area (Å²) in [5.41, 5.74) is -10.2. The SMILES string of the molecule is CC(=O)O[C@H]1C(=O)O[C@H]2O[C@]34C(=O)OC5[C@H](OC(=S)Oc6c(Cl)cc(Cl)cc6Cl)C(C(C)(C)C)C21C53[C@@H](O)[C@@H]1OC(=O)[C@@H](C)[C@@]14O. The number of fused-ring (bicyclic) bond motifs is 1. The van der Waals surface area contributed by atoms with Gasteiger partial charge in [-0.05, 0) is 24.5 Å². The van der Waals surface area contributed by atoms with E-state index in [-0.39, 0.29) is 20.8 Å². The van der Waals surface area contributed by atoms with Crippen LogP contribution in [-0.4, -0.2) is 87.3 Å². The van der Waals surface area contributed by atoms with Crippen LogP contribution in [0.4, 0.5) is 0 Å². The molecule has 0 aromatic heterocycles. The molecule has 2 aliphatic carbocycles. The summed E-state index contributed by atoms with van der Waals surface area (Å²) in [4.78, 5) is 53.2. The van der Waals surface area contributed by atoms with E-state index in [1.807, 2.05) is 0 Å². The van der Waals surface area contributed by atoms with Crippen LogP contribution in [0.15, 0.2) is 12.1 Å². The molecule has 4 heterocycles. The van der Waals surface area contributed by atoms with Gasteiger partial charge in [0.2, 0.25) is 18.0 Å². The van der Waals surface area contributed by atoms with Gasteiger partial charge in [-0.3, -0.25) is 9.59 Å². The van der Waals surface area contributed by atoms with Gasteiger partial charge in [0.25, 0.3) is 0 Å². The lowest BCUT2D eigenvalue weighted by Gasteiger charge is -2.47. The number of aliphatic hydroxyl groups is 2. The molecular weight excluding hydrogens is 695 g/mol. The number of aliphatic hydroxyl groups excluding tert-OH is 1. The number of hydrogen-bond acceptors (Lipinski definition) is 14. The van der Waals surface area contributed by atoms with Gasteiger partial charge < -0.3 is 43.4 Å². The van der Waals surface area contributed by atoms with E-state index in [2.05, 4.69) is 0 Å². The van der Waals surface area contributed by atoms with Gasteiger partial charge in [0, 0.05) is 30.1 Å². The lowest BCUT2D eigenvalue weighted by Crippen LogP contribution is -2.67. The van der Waals surface area contributed by atoms with E-state index in [0.717, 1.165) is 6.92 Å². The van der Waals surface area contributed by atoms with E-state index < -0.39 is 105 Å². The van der Waals surface area contributed by atoms with Gasteiger partial charge in [-0.1, -0.05) is 55.6 Å².